The van der Waals surface area contributed by atoms with E-state index in [4.69, 9.17) is 11.6 Å². The minimum atomic E-state index is -0.581. The van der Waals surface area contributed by atoms with Crippen molar-refractivity contribution >= 4 is 28.6 Å². The fourth-order valence-electron chi connectivity index (χ4n) is 2.05. The number of rotatable bonds is 4. The first-order valence-corrected chi connectivity index (χ1v) is 7.71. The lowest BCUT2D eigenvalue weighted by Crippen LogP contribution is -1.97. The van der Waals surface area contributed by atoms with Crippen molar-refractivity contribution in [2.45, 2.75) is 6.54 Å². The average molecular weight is 337 g/mol. The summed E-state index contributed by atoms with van der Waals surface area (Å²) in [7, 11) is 0. The summed E-state index contributed by atoms with van der Waals surface area (Å²) < 4.78 is 27.2. The van der Waals surface area contributed by atoms with Gasteiger partial charge in [-0.05, 0) is 29.8 Å². The summed E-state index contributed by atoms with van der Waals surface area (Å²) in [4.78, 5) is 5.00. The fraction of sp³-hybridized carbons (Fsp3) is 0.0625. The third-order valence-corrected chi connectivity index (χ3v) is 4.23. The molecule has 0 radical (unpaired) electrons. The molecule has 0 unspecified atom stereocenters. The Hall–Kier alpha value is -1.98. The first-order valence-electron chi connectivity index (χ1n) is 6.51. The van der Waals surface area contributed by atoms with E-state index < -0.39 is 11.6 Å². The highest BCUT2D eigenvalue weighted by atomic mass is 35.5. The van der Waals surface area contributed by atoms with Crippen molar-refractivity contribution in [3.05, 3.63) is 69.6 Å². The van der Waals surface area contributed by atoms with Gasteiger partial charge in [0.1, 0.15) is 11.6 Å². The van der Waals surface area contributed by atoms with Gasteiger partial charge in [0.15, 0.2) is 4.47 Å². The van der Waals surface area contributed by atoms with Crippen LogP contribution in [0.5, 0.6) is 0 Å². The average Bonchev–Trinajstić information content (AvgIpc) is 2.92. The number of thiazole rings is 1. The van der Waals surface area contributed by atoms with Crippen molar-refractivity contribution in [1.82, 2.24) is 4.98 Å². The van der Waals surface area contributed by atoms with Crippen LogP contribution in [0.3, 0.4) is 0 Å². The molecular formula is C16H11ClF2N2S. The molecule has 1 heterocycles. The minimum absolute atomic E-state index is 0.377. The van der Waals surface area contributed by atoms with Crippen LogP contribution in [0.1, 0.15) is 4.88 Å². The van der Waals surface area contributed by atoms with Gasteiger partial charge in [-0.25, -0.2) is 13.8 Å². The number of anilines is 1. The van der Waals surface area contributed by atoms with Crippen LogP contribution in [0.15, 0.2) is 48.7 Å². The van der Waals surface area contributed by atoms with Crippen LogP contribution >= 0.6 is 22.9 Å². The Morgan fingerprint density at radius 3 is 2.50 bits per heavy atom. The molecule has 6 heteroatoms. The van der Waals surface area contributed by atoms with E-state index in [-0.39, 0.29) is 0 Å². The lowest BCUT2D eigenvalue weighted by molar-refractivity contribution is 0.585. The molecule has 0 aliphatic carbocycles. The maximum Gasteiger partial charge on any atom is 0.183 e. The second kappa shape index (κ2) is 6.42. The smallest absolute Gasteiger partial charge is 0.183 e. The predicted molar refractivity (Wildman–Crippen MR) is 86.2 cm³/mol. The minimum Gasteiger partial charge on any atom is -0.380 e. The third-order valence-electron chi connectivity index (χ3n) is 3.12. The standard InChI is InChI=1S/C16H11ClF2N2S/c17-16-21-9-13(22-16)8-20-12-4-1-10(2-5-12)14-6-3-11(18)7-15(14)19/h1-7,9,20H,8H2. The highest BCUT2D eigenvalue weighted by Crippen LogP contribution is 2.25. The second-order valence-electron chi connectivity index (χ2n) is 4.63. The highest BCUT2D eigenvalue weighted by Gasteiger charge is 2.06. The third kappa shape index (κ3) is 3.43. The zero-order valence-electron chi connectivity index (χ0n) is 11.3. The Labute approximate surface area is 135 Å². The maximum atomic E-state index is 13.7. The molecule has 0 spiro atoms. The van der Waals surface area contributed by atoms with Gasteiger partial charge < -0.3 is 5.32 Å². The van der Waals surface area contributed by atoms with Gasteiger partial charge in [-0.1, -0.05) is 23.7 Å². The molecule has 2 nitrogen and oxygen atoms in total. The van der Waals surface area contributed by atoms with Crippen LogP contribution in [0, 0.1) is 11.6 Å². The first-order chi connectivity index (χ1) is 10.6. The molecule has 0 fully saturated rings. The van der Waals surface area contributed by atoms with Crippen molar-refractivity contribution in [3.8, 4) is 11.1 Å². The Morgan fingerprint density at radius 1 is 1.09 bits per heavy atom. The molecule has 1 aromatic heterocycles. The second-order valence-corrected chi connectivity index (χ2v) is 6.33. The van der Waals surface area contributed by atoms with Crippen LogP contribution < -0.4 is 5.32 Å². The number of benzene rings is 2. The Morgan fingerprint density at radius 2 is 1.86 bits per heavy atom. The van der Waals surface area contributed by atoms with E-state index in [9.17, 15) is 8.78 Å². The van der Waals surface area contributed by atoms with Crippen LogP contribution in [-0.2, 0) is 6.54 Å². The number of aromatic nitrogens is 1. The predicted octanol–water partition coefficient (Wildman–Crippen LogP) is 5.35. The van der Waals surface area contributed by atoms with E-state index in [1.807, 2.05) is 12.1 Å². The normalized spacial score (nSPS) is 10.7. The molecule has 112 valence electrons. The van der Waals surface area contributed by atoms with E-state index in [2.05, 4.69) is 10.3 Å². The van der Waals surface area contributed by atoms with Crippen molar-refractivity contribution in [2.75, 3.05) is 5.32 Å². The molecule has 0 aliphatic heterocycles. The Bertz CT molecular complexity index is 787. The maximum absolute atomic E-state index is 13.7. The fourth-order valence-corrected chi connectivity index (χ4v) is 2.96. The number of halogens is 3. The van der Waals surface area contributed by atoms with Crippen LogP contribution in [0.4, 0.5) is 14.5 Å². The Kier molecular flexibility index (Phi) is 4.36. The van der Waals surface area contributed by atoms with Gasteiger partial charge in [0.05, 0.1) is 6.54 Å². The van der Waals surface area contributed by atoms with Gasteiger partial charge in [0, 0.05) is 28.4 Å². The number of hydrogen-bond acceptors (Lipinski definition) is 3. The van der Waals surface area contributed by atoms with Gasteiger partial charge in [0.25, 0.3) is 0 Å². The van der Waals surface area contributed by atoms with Crippen molar-refractivity contribution in [2.24, 2.45) is 0 Å². The molecule has 0 aliphatic rings. The summed E-state index contributed by atoms with van der Waals surface area (Å²) in [5.74, 6) is -1.15. The number of hydrogen-bond donors (Lipinski definition) is 1. The summed E-state index contributed by atoms with van der Waals surface area (Å²) in [5, 5.41) is 3.23. The van der Waals surface area contributed by atoms with E-state index in [1.165, 1.54) is 23.5 Å². The van der Waals surface area contributed by atoms with Crippen molar-refractivity contribution < 1.29 is 8.78 Å². The molecule has 22 heavy (non-hydrogen) atoms. The van der Waals surface area contributed by atoms with Crippen LogP contribution in [-0.4, -0.2) is 4.98 Å². The van der Waals surface area contributed by atoms with Crippen LogP contribution in [0.2, 0.25) is 4.47 Å². The topological polar surface area (TPSA) is 24.9 Å². The summed E-state index contributed by atoms with van der Waals surface area (Å²) in [6.45, 7) is 0.620. The van der Waals surface area contributed by atoms with Gasteiger partial charge in [-0.2, -0.15) is 0 Å². The van der Waals surface area contributed by atoms with Crippen molar-refractivity contribution in [3.63, 3.8) is 0 Å². The monoisotopic (exact) mass is 336 g/mol. The van der Waals surface area contributed by atoms with E-state index in [1.54, 1.807) is 18.3 Å². The molecule has 3 rings (SSSR count). The van der Waals surface area contributed by atoms with Gasteiger partial charge in [0.2, 0.25) is 0 Å². The summed E-state index contributed by atoms with van der Waals surface area (Å²) in [6.07, 6.45) is 1.72. The van der Waals surface area contributed by atoms with Crippen molar-refractivity contribution in [1.29, 1.82) is 0 Å². The highest BCUT2D eigenvalue weighted by molar-refractivity contribution is 7.15. The zero-order valence-corrected chi connectivity index (χ0v) is 12.9. The molecular weight excluding hydrogens is 326 g/mol. The molecule has 0 atom stereocenters. The van der Waals surface area contributed by atoms with Gasteiger partial charge in [-0.15, -0.1) is 11.3 Å². The summed E-state index contributed by atoms with van der Waals surface area (Å²) in [6, 6.07) is 10.8. The molecule has 0 bridgehead atoms. The summed E-state index contributed by atoms with van der Waals surface area (Å²) in [5.41, 5.74) is 1.97. The molecule has 3 aromatic rings. The number of nitrogens with zero attached hydrogens (tertiary/aromatic N) is 1. The quantitative estimate of drug-likeness (QED) is 0.694. The molecule has 0 saturated carbocycles. The van der Waals surface area contributed by atoms with E-state index in [0.29, 0.717) is 22.1 Å². The molecule has 0 saturated heterocycles. The van der Waals surface area contributed by atoms with Gasteiger partial charge in [-0.3, -0.25) is 0 Å². The largest absolute Gasteiger partial charge is 0.380 e. The first kappa shape index (κ1) is 14.9. The van der Waals surface area contributed by atoms with Gasteiger partial charge >= 0.3 is 0 Å². The molecule has 0 amide bonds. The zero-order chi connectivity index (χ0) is 15.5. The lowest BCUT2D eigenvalue weighted by atomic mass is 10.0. The SMILES string of the molecule is Fc1ccc(-c2ccc(NCc3cnc(Cl)s3)cc2)c(F)c1. The number of nitrogens with one attached hydrogen (secondary N) is 1. The molecule has 1 N–H and O–H groups in total. The lowest BCUT2D eigenvalue weighted by Gasteiger charge is -2.07. The van der Waals surface area contributed by atoms with E-state index >= 15 is 0 Å². The summed E-state index contributed by atoms with van der Waals surface area (Å²) >= 11 is 7.19. The van der Waals surface area contributed by atoms with E-state index in [0.717, 1.165) is 16.6 Å². The molecule has 2 aromatic carbocycles. The Balaban J connectivity index is 1.72. The van der Waals surface area contributed by atoms with Crippen LogP contribution in [0.25, 0.3) is 11.1 Å².